The average Bonchev–Trinajstić information content (AvgIpc) is 2.28. The highest BCUT2D eigenvalue weighted by Gasteiger charge is 2.36. The number of benzene rings is 1. The molecule has 102 valence electrons. The molecule has 0 aliphatic heterocycles. The van der Waals surface area contributed by atoms with Gasteiger partial charge < -0.3 is 10.4 Å². The minimum atomic E-state index is -1.70. The van der Waals surface area contributed by atoms with Crippen LogP contribution in [0.25, 0.3) is 0 Å². The second kappa shape index (κ2) is 5.01. The Morgan fingerprint density at radius 3 is 2.42 bits per heavy atom. The topological polar surface area (TPSA) is 110 Å². The second-order valence-corrected chi connectivity index (χ2v) is 4.31. The van der Waals surface area contributed by atoms with Crippen molar-refractivity contribution in [3.05, 3.63) is 34.1 Å². The number of hydrogen-bond donors (Lipinski definition) is 2. The molecule has 0 unspecified atom stereocenters. The number of rotatable bonds is 4. The lowest BCUT2D eigenvalue weighted by molar-refractivity contribution is -0.387. The summed E-state index contributed by atoms with van der Waals surface area (Å²) < 4.78 is 13.3. The first-order chi connectivity index (χ1) is 8.66. The number of nitro benzene ring substituents is 1. The van der Waals surface area contributed by atoms with Crippen LogP contribution in [0.1, 0.15) is 13.8 Å². The molecule has 0 bridgehead atoms. The van der Waals surface area contributed by atoms with Crippen molar-refractivity contribution in [2.24, 2.45) is 5.41 Å². The molecule has 0 spiro atoms. The Morgan fingerprint density at radius 2 is 2.00 bits per heavy atom. The molecule has 0 atom stereocenters. The average molecular weight is 270 g/mol. The number of aliphatic carboxylic acids is 1. The van der Waals surface area contributed by atoms with Crippen molar-refractivity contribution in [2.75, 3.05) is 5.32 Å². The third-order valence-corrected chi connectivity index (χ3v) is 2.50. The summed E-state index contributed by atoms with van der Waals surface area (Å²) in [6, 6.07) is 2.77. The van der Waals surface area contributed by atoms with E-state index >= 15 is 0 Å². The first-order valence-electron chi connectivity index (χ1n) is 5.15. The Balaban J connectivity index is 2.96. The summed E-state index contributed by atoms with van der Waals surface area (Å²) in [6.07, 6.45) is 0. The summed E-state index contributed by atoms with van der Waals surface area (Å²) in [4.78, 5) is 32.0. The number of amides is 1. The summed E-state index contributed by atoms with van der Waals surface area (Å²) >= 11 is 0. The maximum absolute atomic E-state index is 13.3. The van der Waals surface area contributed by atoms with Gasteiger partial charge in [0.15, 0.2) is 0 Å². The molecule has 0 saturated carbocycles. The third kappa shape index (κ3) is 3.03. The van der Waals surface area contributed by atoms with Crippen LogP contribution in [0.15, 0.2) is 18.2 Å². The molecule has 0 saturated heterocycles. The van der Waals surface area contributed by atoms with Gasteiger partial charge >= 0.3 is 11.7 Å². The highest BCUT2D eigenvalue weighted by Crippen LogP contribution is 2.23. The van der Waals surface area contributed by atoms with E-state index in [9.17, 15) is 24.1 Å². The largest absolute Gasteiger partial charge is 0.480 e. The molecule has 0 aliphatic rings. The Morgan fingerprint density at radius 1 is 1.42 bits per heavy atom. The van der Waals surface area contributed by atoms with Crippen LogP contribution in [0.2, 0.25) is 0 Å². The van der Waals surface area contributed by atoms with E-state index in [1.165, 1.54) is 13.8 Å². The van der Waals surface area contributed by atoms with Gasteiger partial charge in [-0.2, -0.15) is 4.39 Å². The SMILES string of the molecule is CC(C)(C(=O)O)C(=O)Nc1ccc([N+](=O)[O-])c(F)c1. The Kier molecular flexibility index (Phi) is 3.83. The summed E-state index contributed by atoms with van der Waals surface area (Å²) in [7, 11) is 0. The fourth-order valence-corrected chi connectivity index (χ4v) is 1.12. The van der Waals surface area contributed by atoms with Gasteiger partial charge in [0.2, 0.25) is 11.7 Å². The van der Waals surface area contributed by atoms with E-state index < -0.39 is 33.7 Å². The normalized spacial score (nSPS) is 10.9. The molecule has 1 aromatic rings. The van der Waals surface area contributed by atoms with Crippen molar-refractivity contribution in [2.45, 2.75) is 13.8 Å². The van der Waals surface area contributed by atoms with Crippen LogP contribution in [-0.4, -0.2) is 21.9 Å². The molecule has 8 heteroatoms. The zero-order valence-electron chi connectivity index (χ0n) is 10.1. The van der Waals surface area contributed by atoms with Gasteiger partial charge in [0.05, 0.1) is 4.92 Å². The van der Waals surface area contributed by atoms with Crippen LogP contribution in [0, 0.1) is 21.3 Å². The van der Waals surface area contributed by atoms with Crippen LogP contribution in [-0.2, 0) is 9.59 Å². The van der Waals surface area contributed by atoms with E-state index in [2.05, 4.69) is 5.32 Å². The summed E-state index contributed by atoms with van der Waals surface area (Å²) in [5.74, 6) is -3.31. The monoisotopic (exact) mass is 270 g/mol. The number of hydrogen-bond acceptors (Lipinski definition) is 4. The van der Waals surface area contributed by atoms with Gasteiger partial charge in [-0.05, 0) is 19.9 Å². The van der Waals surface area contributed by atoms with Crippen LogP contribution in [0.4, 0.5) is 15.8 Å². The van der Waals surface area contributed by atoms with Crippen molar-refractivity contribution in [1.82, 2.24) is 0 Å². The van der Waals surface area contributed by atoms with Gasteiger partial charge in [0.1, 0.15) is 5.41 Å². The lowest BCUT2D eigenvalue weighted by Gasteiger charge is -2.18. The zero-order chi connectivity index (χ0) is 14.8. The van der Waals surface area contributed by atoms with Gasteiger partial charge in [0.25, 0.3) is 0 Å². The molecule has 19 heavy (non-hydrogen) atoms. The summed E-state index contributed by atoms with van der Waals surface area (Å²) in [6.45, 7) is 2.37. The molecule has 0 radical (unpaired) electrons. The zero-order valence-corrected chi connectivity index (χ0v) is 10.1. The molecular weight excluding hydrogens is 259 g/mol. The third-order valence-electron chi connectivity index (χ3n) is 2.50. The molecular formula is C11H11FN2O5. The van der Waals surface area contributed by atoms with Gasteiger partial charge in [-0.3, -0.25) is 19.7 Å². The Hall–Kier alpha value is -2.51. The number of nitrogens with zero attached hydrogens (tertiary/aromatic N) is 1. The van der Waals surface area contributed by atoms with E-state index in [0.717, 1.165) is 18.2 Å². The predicted molar refractivity (Wildman–Crippen MR) is 63.1 cm³/mol. The number of carboxylic acids is 1. The number of carbonyl (C=O) groups excluding carboxylic acids is 1. The number of nitro groups is 1. The molecule has 0 heterocycles. The number of halogens is 1. The van der Waals surface area contributed by atoms with Gasteiger partial charge in [-0.15, -0.1) is 0 Å². The minimum absolute atomic E-state index is 0.0533. The van der Waals surface area contributed by atoms with Gasteiger partial charge in [0, 0.05) is 17.8 Å². The molecule has 7 nitrogen and oxygen atoms in total. The second-order valence-electron chi connectivity index (χ2n) is 4.31. The minimum Gasteiger partial charge on any atom is -0.480 e. The molecule has 0 fully saturated rings. The van der Waals surface area contributed by atoms with Crippen LogP contribution in [0.5, 0.6) is 0 Å². The quantitative estimate of drug-likeness (QED) is 0.492. The fourth-order valence-electron chi connectivity index (χ4n) is 1.12. The Bertz CT molecular complexity index is 556. The first-order valence-corrected chi connectivity index (χ1v) is 5.15. The molecule has 1 amide bonds. The van der Waals surface area contributed by atoms with E-state index in [4.69, 9.17) is 5.11 Å². The standard InChI is InChI=1S/C11H11FN2O5/c1-11(2,10(16)17)9(15)13-6-3-4-8(14(18)19)7(12)5-6/h3-5H,1-2H3,(H,13,15)(H,16,17). The number of anilines is 1. The summed E-state index contributed by atoms with van der Waals surface area (Å²) in [5, 5.41) is 21.4. The predicted octanol–water partition coefficient (Wildman–Crippen LogP) is 1.78. The van der Waals surface area contributed by atoms with E-state index in [0.29, 0.717) is 0 Å². The molecule has 0 aromatic heterocycles. The molecule has 1 aromatic carbocycles. The molecule has 0 aliphatic carbocycles. The maximum atomic E-state index is 13.3. The maximum Gasteiger partial charge on any atom is 0.318 e. The fraction of sp³-hybridized carbons (Fsp3) is 0.273. The highest BCUT2D eigenvalue weighted by atomic mass is 19.1. The first kappa shape index (κ1) is 14.6. The van der Waals surface area contributed by atoms with Crippen molar-refractivity contribution in [1.29, 1.82) is 0 Å². The lowest BCUT2D eigenvalue weighted by atomic mass is 9.92. The van der Waals surface area contributed by atoms with E-state index in [1.54, 1.807) is 0 Å². The van der Waals surface area contributed by atoms with Crippen molar-refractivity contribution < 1.29 is 24.0 Å². The van der Waals surface area contributed by atoms with Crippen molar-refractivity contribution in [3.8, 4) is 0 Å². The van der Waals surface area contributed by atoms with E-state index in [-0.39, 0.29) is 5.69 Å². The van der Waals surface area contributed by atoms with Crippen LogP contribution < -0.4 is 5.32 Å². The van der Waals surface area contributed by atoms with Crippen LogP contribution in [0.3, 0.4) is 0 Å². The van der Waals surface area contributed by atoms with Gasteiger partial charge in [-0.1, -0.05) is 0 Å². The van der Waals surface area contributed by atoms with Crippen molar-refractivity contribution >= 4 is 23.3 Å². The molecule has 2 N–H and O–H groups in total. The molecule has 1 rings (SSSR count). The number of carboxylic acid groups (broad SMARTS) is 1. The van der Waals surface area contributed by atoms with Crippen LogP contribution >= 0.6 is 0 Å². The highest BCUT2D eigenvalue weighted by molar-refractivity contribution is 6.07. The summed E-state index contributed by atoms with van der Waals surface area (Å²) in [5.41, 5.74) is -2.48. The number of nitrogens with one attached hydrogen (secondary N) is 1. The lowest BCUT2D eigenvalue weighted by Crippen LogP contribution is -2.37. The van der Waals surface area contributed by atoms with Gasteiger partial charge in [-0.25, -0.2) is 0 Å². The van der Waals surface area contributed by atoms with E-state index in [1.807, 2.05) is 0 Å². The smallest absolute Gasteiger partial charge is 0.318 e. The number of carbonyl (C=O) groups is 2. The van der Waals surface area contributed by atoms with Crippen molar-refractivity contribution in [3.63, 3.8) is 0 Å². The Labute approximate surface area is 107 Å².